The molecule has 0 atom stereocenters. The zero-order valence-corrected chi connectivity index (χ0v) is 20.2. The molecule has 2 amide bonds. The van der Waals surface area contributed by atoms with Gasteiger partial charge in [-0.15, -0.1) is 0 Å². The first-order valence-electron chi connectivity index (χ1n) is 12.0. The van der Waals surface area contributed by atoms with Crippen LogP contribution in [0.25, 0.3) is 32.9 Å². The lowest BCUT2D eigenvalue weighted by Gasteiger charge is -2.21. The highest BCUT2D eigenvalue weighted by Gasteiger charge is 2.30. The van der Waals surface area contributed by atoms with Gasteiger partial charge in [-0.05, 0) is 48.7 Å². The number of nitrogens with one attached hydrogen (secondary N) is 1. The highest BCUT2D eigenvalue weighted by atomic mass is 16.7. The van der Waals surface area contributed by atoms with E-state index in [1.54, 1.807) is 6.20 Å². The van der Waals surface area contributed by atoms with Crippen LogP contribution >= 0.6 is 0 Å². The molecule has 0 spiro atoms. The molecule has 37 heavy (non-hydrogen) atoms. The van der Waals surface area contributed by atoms with Crippen LogP contribution in [0.5, 0.6) is 11.5 Å². The first-order chi connectivity index (χ1) is 17.9. The van der Waals surface area contributed by atoms with E-state index in [-0.39, 0.29) is 18.4 Å². The molecule has 4 heterocycles. The molecule has 0 bridgehead atoms. The summed E-state index contributed by atoms with van der Waals surface area (Å²) in [5.74, 6) is 0.642. The van der Waals surface area contributed by atoms with Gasteiger partial charge in [-0.3, -0.25) is 9.59 Å². The number of H-pyrrole nitrogens is 1. The number of rotatable bonds is 3. The first kappa shape index (κ1) is 21.4. The van der Waals surface area contributed by atoms with Crippen molar-refractivity contribution in [3.8, 4) is 22.6 Å². The van der Waals surface area contributed by atoms with E-state index < -0.39 is 5.91 Å². The van der Waals surface area contributed by atoms with Crippen LogP contribution in [0.15, 0.2) is 54.7 Å². The second-order valence-electron chi connectivity index (χ2n) is 9.51. The fraction of sp³-hybridized carbons (Fsp3) is 0.138. The maximum absolute atomic E-state index is 13.4. The number of primary amides is 1. The Bertz CT molecular complexity index is 1820. The van der Waals surface area contributed by atoms with E-state index in [1.165, 1.54) is 0 Å². The number of aromatic nitrogens is 2. The molecule has 2 aromatic heterocycles. The summed E-state index contributed by atoms with van der Waals surface area (Å²) in [6, 6.07) is 15.7. The number of nitrogens with two attached hydrogens (primary N) is 1. The SMILES string of the molecule is Cc1ccc2c(c1)C(=O)N(c1cccc(-c3cnc(C(N)=O)c4[nH]c5cc6c(cc5c34)OCO6)c1C)C2. The number of carbonyl (C=O) groups excluding carboxylic acids is 2. The fourth-order valence-electron chi connectivity index (χ4n) is 5.51. The van der Waals surface area contributed by atoms with Crippen LogP contribution in [-0.4, -0.2) is 28.6 Å². The van der Waals surface area contributed by atoms with Crippen LogP contribution in [0.1, 0.15) is 37.5 Å². The largest absolute Gasteiger partial charge is 0.454 e. The minimum absolute atomic E-state index is 0.00824. The minimum Gasteiger partial charge on any atom is -0.454 e. The molecule has 7 rings (SSSR count). The third-order valence-electron chi connectivity index (χ3n) is 7.31. The van der Waals surface area contributed by atoms with E-state index >= 15 is 0 Å². The van der Waals surface area contributed by atoms with Gasteiger partial charge >= 0.3 is 0 Å². The average molecular weight is 491 g/mol. The Morgan fingerprint density at radius 2 is 1.84 bits per heavy atom. The maximum atomic E-state index is 13.4. The van der Waals surface area contributed by atoms with Gasteiger partial charge in [0.15, 0.2) is 17.2 Å². The molecule has 5 aromatic rings. The molecule has 3 aromatic carbocycles. The predicted octanol–water partition coefficient (Wildman–Crippen LogP) is 4.99. The van der Waals surface area contributed by atoms with Gasteiger partial charge in [-0.2, -0.15) is 0 Å². The van der Waals surface area contributed by atoms with E-state index in [1.807, 2.05) is 67.3 Å². The van der Waals surface area contributed by atoms with Gasteiger partial charge in [0.2, 0.25) is 6.79 Å². The Morgan fingerprint density at radius 3 is 2.65 bits per heavy atom. The monoisotopic (exact) mass is 490 g/mol. The summed E-state index contributed by atoms with van der Waals surface area (Å²) < 4.78 is 11.2. The number of hydrogen-bond acceptors (Lipinski definition) is 5. The standard InChI is InChI=1S/C29H22N4O4/c1-14-6-7-16-12-33(29(35)18(16)8-14)22-5-3-4-17(15(22)2)20-11-31-27(28(30)34)26-25(20)19-9-23-24(37-13-36-23)10-21(19)32-26/h3-11,32H,12-13H2,1-2H3,(H2,30,34). The van der Waals surface area contributed by atoms with Gasteiger partial charge in [-0.1, -0.05) is 29.8 Å². The van der Waals surface area contributed by atoms with Gasteiger partial charge in [-0.25, -0.2) is 4.98 Å². The van der Waals surface area contributed by atoms with Crippen molar-refractivity contribution in [3.63, 3.8) is 0 Å². The lowest BCUT2D eigenvalue weighted by Crippen LogP contribution is -2.24. The molecule has 0 unspecified atom stereocenters. The number of fused-ring (bicyclic) bond motifs is 5. The van der Waals surface area contributed by atoms with Crippen LogP contribution < -0.4 is 20.1 Å². The summed E-state index contributed by atoms with van der Waals surface area (Å²) in [5.41, 5.74) is 13.5. The lowest BCUT2D eigenvalue weighted by molar-refractivity contribution is 0.0988. The first-order valence-corrected chi connectivity index (χ1v) is 12.0. The zero-order valence-electron chi connectivity index (χ0n) is 20.2. The second-order valence-corrected chi connectivity index (χ2v) is 9.51. The number of benzene rings is 3. The highest BCUT2D eigenvalue weighted by molar-refractivity contribution is 6.20. The van der Waals surface area contributed by atoms with E-state index in [0.29, 0.717) is 23.6 Å². The zero-order chi connectivity index (χ0) is 25.4. The molecule has 8 nitrogen and oxygen atoms in total. The van der Waals surface area contributed by atoms with E-state index in [0.717, 1.165) is 55.4 Å². The molecular formula is C29H22N4O4. The van der Waals surface area contributed by atoms with Crippen LogP contribution in [0.4, 0.5) is 5.69 Å². The molecule has 182 valence electrons. The van der Waals surface area contributed by atoms with Gasteiger partial charge in [0, 0.05) is 39.8 Å². The van der Waals surface area contributed by atoms with E-state index in [9.17, 15) is 9.59 Å². The van der Waals surface area contributed by atoms with Gasteiger partial charge in [0.05, 0.1) is 17.6 Å². The maximum Gasteiger partial charge on any atom is 0.269 e. The fourth-order valence-corrected chi connectivity index (χ4v) is 5.51. The number of nitrogens with zero attached hydrogens (tertiary/aromatic N) is 2. The van der Waals surface area contributed by atoms with Crippen LogP contribution in [0, 0.1) is 13.8 Å². The van der Waals surface area contributed by atoms with Crippen LogP contribution in [0.2, 0.25) is 0 Å². The van der Waals surface area contributed by atoms with Crippen molar-refractivity contribution in [2.45, 2.75) is 20.4 Å². The number of aromatic amines is 1. The van der Waals surface area contributed by atoms with Crippen molar-refractivity contribution in [2.24, 2.45) is 5.73 Å². The number of pyridine rings is 1. The summed E-state index contributed by atoms with van der Waals surface area (Å²) in [4.78, 5) is 35.2. The number of ether oxygens (including phenoxy) is 2. The number of hydrogen-bond donors (Lipinski definition) is 2. The van der Waals surface area contributed by atoms with Crippen LogP contribution in [0.3, 0.4) is 0 Å². The van der Waals surface area contributed by atoms with E-state index in [2.05, 4.69) is 9.97 Å². The Kier molecular flexibility index (Phi) is 4.39. The van der Waals surface area contributed by atoms with Crippen molar-refractivity contribution >= 4 is 39.3 Å². The Labute approximate surface area is 211 Å². The second kappa shape index (κ2) is 7.57. The smallest absolute Gasteiger partial charge is 0.269 e. The summed E-state index contributed by atoms with van der Waals surface area (Å²) in [7, 11) is 0. The van der Waals surface area contributed by atoms with Crippen molar-refractivity contribution in [3.05, 3.63) is 82.7 Å². The average Bonchev–Trinajstić information content (AvgIpc) is 3.58. The predicted molar refractivity (Wildman–Crippen MR) is 140 cm³/mol. The van der Waals surface area contributed by atoms with Gasteiger partial charge in [0.25, 0.3) is 11.8 Å². The van der Waals surface area contributed by atoms with E-state index in [4.69, 9.17) is 15.2 Å². The molecule has 2 aliphatic heterocycles. The third-order valence-corrected chi connectivity index (χ3v) is 7.31. The normalized spacial score (nSPS) is 14.1. The van der Waals surface area contributed by atoms with Gasteiger partial charge in [0.1, 0.15) is 0 Å². The molecule has 0 fully saturated rings. The number of aryl methyl sites for hydroxylation is 1. The number of anilines is 1. The molecule has 0 radical (unpaired) electrons. The lowest BCUT2D eigenvalue weighted by atomic mass is 9.95. The molecule has 8 heteroatoms. The molecule has 0 saturated heterocycles. The number of carbonyl (C=O) groups is 2. The van der Waals surface area contributed by atoms with Gasteiger partial charge < -0.3 is 25.1 Å². The summed E-state index contributed by atoms with van der Waals surface area (Å²) in [6.45, 7) is 4.67. The molecular weight excluding hydrogens is 468 g/mol. The van der Waals surface area contributed by atoms with Crippen molar-refractivity contribution in [2.75, 3.05) is 11.7 Å². The quantitative estimate of drug-likeness (QED) is 0.370. The summed E-state index contributed by atoms with van der Waals surface area (Å²) >= 11 is 0. The van der Waals surface area contributed by atoms with Crippen LogP contribution in [-0.2, 0) is 6.54 Å². The summed E-state index contributed by atoms with van der Waals surface area (Å²) in [5, 5.41) is 1.67. The highest BCUT2D eigenvalue weighted by Crippen LogP contribution is 2.44. The van der Waals surface area contributed by atoms with Crippen molar-refractivity contribution < 1.29 is 19.1 Å². The van der Waals surface area contributed by atoms with Crippen molar-refractivity contribution in [1.82, 2.24) is 9.97 Å². The summed E-state index contributed by atoms with van der Waals surface area (Å²) in [6.07, 6.45) is 1.68. The Morgan fingerprint density at radius 1 is 1.03 bits per heavy atom. The molecule has 0 saturated carbocycles. The third kappa shape index (κ3) is 3.05. The Balaban J connectivity index is 1.44. The number of amides is 2. The molecule has 0 aliphatic carbocycles. The van der Waals surface area contributed by atoms with Crippen molar-refractivity contribution in [1.29, 1.82) is 0 Å². The Hall–Kier alpha value is -4.85. The topological polar surface area (TPSA) is 111 Å². The molecule has 3 N–H and O–H groups in total. The molecule has 2 aliphatic rings. The minimum atomic E-state index is -0.621.